The van der Waals surface area contributed by atoms with E-state index < -0.39 is 11.6 Å². The average Bonchev–Trinajstić information content (AvgIpc) is 3.18. The normalized spacial score (nSPS) is 23.5. The quantitative estimate of drug-likeness (QED) is 0.665. The molecule has 0 aromatic heterocycles. The van der Waals surface area contributed by atoms with Crippen LogP contribution in [-0.2, 0) is 16.0 Å². The van der Waals surface area contributed by atoms with Crippen molar-refractivity contribution < 1.29 is 19.1 Å². The summed E-state index contributed by atoms with van der Waals surface area (Å²) in [5.41, 5.74) is 1.79. The zero-order valence-corrected chi connectivity index (χ0v) is 19.2. The molecular formula is C26H30N4O4. The van der Waals surface area contributed by atoms with Crippen LogP contribution in [0.3, 0.4) is 0 Å². The predicted molar refractivity (Wildman–Crippen MR) is 128 cm³/mol. The molecule has 8 nitrogen and oxygen atoms in total. The number of carbonyl (C=O) groups is 3. The number of rotatable bonds is 5. The van der Waals surface area contributed by atoms with E-state index in [1.54, 1.807) is 0 Å². The van der Waals surface area contributed by atoms with Gasteiger partial charge in [-0.2, -0.15) is 0 Å². The molecule has 3 heterocycles. The molecule has 3 aliphatic rings. The van der Waals surface area contributed by atoms with Gasteiger partial charge in [0.1, 0.15) is 5.54 Å². The van der Waals surface area contributed by atoms with E-state index >= 15 is 0 Å². The molecular weight excluding hydrogens is 432 g/mol. The summed E-state index contributed by atoms with van der Waals surface area (Å²) >= 11 is 0. The van der Waals surface area contributed by atoms with Crippen LogP contribution < -0.4 is 15.5 Å². The van der Waals surface area contributed by atoms with Gasteiger partial charge in [0, 0.05) is 43.9 Å². The number of piperidine rings is 1. The number of anilines is 1. The lowest BCUT2D eigenvalue weighted by atomic mass is 9.74. The number of urea groups is 1. The van der Waals surface area contributed by atoms with Gasteiger partial charge in [-0.1, -0.05) is 30.3 Å². The smallest absolute Gasteiger partial charge is 0.322 e. The Morgan fingerprint density at radius 3 is 2.24 bits per heavy atom. The number of likely N-dealkylation sites (tertiary alicyclic amines) is 1. The largest absolute Gasteiger partial charge is 0.378 e. The summed E-state index contributed by atoms with van der Waals surface area (Å²) in [6, 6.07) is 17.1. The van der Waals surface area contributed by atoms with E-state index in [0.29, 0.717) is 37.9 Å². The number of morpholine rings is 1. The lowest BCUT2D eigenvalue weighted by Gasteiger charge is -2.40. The summed E-state index contributed by atoms with van der Waals surface area (Å²) in [6.07, 6.45) is 1.74. The Morgan fingerprint density at radius 1 is 0.941 bits per heavy atom. The lowest BCUT2D eigenvalue weighted by molar-refractivity contribution is -0.126. The molecule has 8 heteroatoms. The maximum absolute atomic E-state index is 13.1. The Morgan fingerprint density at radius 2 is 1.62 bits per heavy atom. The van der Waals surface area contributed by atoms with Crippen molar-refractivity contribution in [3.05, 3.63) is 65.7 Å². The zero-order chi connectivity index (χ0) is 23.5. The molecule has 34 heavy (non-hydrogen) atoms. The monoisotopic (exact) mass is 462 g/mol. The van der Waals surface area contributed by atoms with Crippen LogP contribution >= 0.6 is 0 Å². The molecule has 1 unspecified atom stereocenters. The van der Waals surface area contributed by atoms with Crippen molar-refractivity contribution >= 4 is 23.5 Å². The molecule has 2 N–H and O–H groups in total. The fourth-order valence-corrected chi connectivity index (χ4v) is 5.37. The van der Waals surface area contributed by atoms with E-state index in [-0.39, 0.29) is 17.7 Å². The first-order valence-electron chi connectivity index (χ1n) is 11.9. The summed E-state index contributed by atoms with van der Waals surface area (Å²) < 4.78 is 5.41. The Kier molecular flexibility index (Phi) is 6.24. The molecule has 0 radical (unpaired) electrons. The predicted octanol–water partition coefficient (Wildman–Crippen LogP) is 2.20. The molecule has 1 atom stereocenters. The highest BCUT2D eigenvalue weighted by Gasteiger charge is 2.52. The SMILES string of the molecule is O=C1NC(=O)C(Cc2ccccc2)(C2CCN(C(=O)c3ccc(N4CCOCC4)cc3)CC2)N1. The Hall–Kier alpha value is -3.39. The average molecular weight is 463 g/mol. The van der Waals surface area contributed by atoms with Crippen molar-refractivity contribution in [2.24, 2.45) is 5.92 Å². The summed E-state index contributed by atoms with van der Waals surface area (Å²) in [5.74, 6) is -0.319. The van der Waals surface area contributed by atoms with E-state index in [4.69, 9.17) is 4.74 Å². The Labute approximate surface area is 199 Å². The maximum Gasteiger partial charge on any atom is 0.322 e. The molecule has 3 aliphatic heterocycles. The molecule has 0 saturated carbocycles. The minimum atomic E-state index is -0.979. The van der Waals surface area contributed by atoms with Gasteiger partial charge in [0.05, 0.1) is 13.2 Å². The van der Waals surface area contributed by atoms with Crippen LogP contribution in [0.5, 0.6) is 0 Å². The third kappa shape index (κ3) is 4.37. The molecule has 2 aromatic rings. The highest BCUT2D eigenvalue weighted by molar-refractivity contribution is 6.07. The van der Waals surface area contributed by atoms with Crippen LogP contribution in [0.2, 0.25) is 0 Å². The van der Waals surface area contributed by atoms with Crippen molar-refractivity contribution in [1.82, 2.24) is 15.5 Å². The molecule has 2 aromatic carbocycles. The fraction of sp³-hybridized carbons (Fsp3) is 0.423. The second kappa shape index (κ2) is 9.46. The van der Waals surface area contributed by atoms with Crippen LogP contribution in [0.15, 0.2) is 54.6 Å². The summed E-state index contributed by atoms with van der Waals surface area (Å²) in [6.45, 7) is 4.26. The first-order chi connectivity index (χ1) is 16.5. The van der Waals surface area contributed by atoms with Crippen LogP contribution in [0.4, 0.5) is 10.5 Å². The van der Waals surface area contributed by atoms with Gasteiger partial charge in [-0.05, 0) is 48.6 Å². The second-order valence-corrected chi connectivity index (χ2v) is 9.25. The van der Waals surface area contributed by atoms with Gasteiger partial charge in [-0.3, -0.25) is 14.9 Å². The Balaban J connectivity index is 1.25. The van der Waals surface area contributed by atoms with Gasteiger partial charge in [0.15, 0.2) is 0 Å². The number of imide groups is 1. The molecule has 0 bridgehead atoms. The van der Waals surface area contributed by atoms with Crippen molar-refractivity contribution in [1.29, 1.82) is 0 Å². The lowest BCUT2D eigenvalue weighted by Crippen LogP contribution is -2.57. The van der Waals surface area contributed by atoms with Gasteiger partial charge in [-0.15, -0.1) is 0 Å². The first kappa shape index (κ1) is 22.4. The third-order valence-electron chi connectivity index (χ3n) is 7.26. The number of nitrogens with zero attached hydrogens (tertiary/aromatic N) is 2. The third-order valence-corrected chi connectivity index (χ3v) is 7.26. The van der Waals surface area contributed by atoms with Gasteiger partial charge >= 0.3 is 6.03 Å². The molecule has 178 valence electrons. The number of benzene rings is 2. The number of hydrogen-bond acceptors (Lipinski definition) is 5. The van der Waals surface area contributed by atoms with Gasteiger partial charge in [0.25, 0.3) is 11.8 Å². The molecule has 3 fully saturated rings. The van der Waals surface area contributed by atoms with Crippen molar-refractivity contribution in [2.75, 3.05) is 44.3 Å². The highest BCUT2D eigenvalue weighted by atomic mass is 16.5. The van der Waals surface area contributed by atoms with Crippen LogP contribution in [-0.4, -0.2) is 67.7 Å². The van der Waals surface area contributed by atoms with E-state index in [1.807, 2.05) is 59.5 Å². The number of amides is 4. The molecule has 0 aliphatic carbocycles. The summed E-state index contributed by atoms with van der Waals surface area (Å²) in [5, 5.41) is 5.37. The first-order valence-corrected chi connectivity index (χ1v) is 11.9. The molecule has 4 amide bonds. The van der Waals surface area contributed by atoms with E-state index in [9.17, 15) is 14.4 Å². The number of carbonyl (C=O) groups excluding carboxylic acids is 3. The maximum atomic E-state index is 13.1. The molecule has 0 spiro atoms. The number of hydrogen-bond donors (Lipinski definition) is 2. The minimum Gasteiger partial charge on any atom is -0.378 e. The summed E-state index contributed by atoms with van der Waals surface area (Å²) in [7, 11) is 0. The molecule has 3 saturated heterocycles. The van der Waals surface area contributed by atoms with Gasteiger partial charge in [-0.25, -0.2) is 4.79 Å². The standard InChI is InChI=1S/C26H30N4O4/c31-23(20-6-8-22(9-7-20)29-14-16-34-17-15-29)30-12-10-21(11-13-30)26(24(32)27-25(33)28-26)18-19-4-2-1-3-5-19/h1-9,21H,10-18H2,(H2,27,28,32,33). The van der Waals surface area contributed by atoms with Crippen LogP contribution in [0, 0.1) is 5.92 Å². The number of nitrogens with one attached hydrogen (secondary N) is 2. The Bertz CT molecular complexity index is 1040. The van der Waals surface area contributed by atoms with Gasteiger partial charge in [0.2, 0.25) is 0 Å². The zero-order valence-electron chi connectivity index (χ0n) is 19.2. The summed E-state index contributed by atoms with van der Waals surface area (Å²) in [4.78, 5) is 42.3. The van der Waals surface area contributed by atoms with Gasteiger partial charge < -0.3 is 19.9 Å². The van der Waals surface area contributed by atoms with E-state index in [1.165, 1.54) is 0 Å². The van der Waals surface area contributed by atoms with Crippen LogP contribution in [0.25, 0.3) is 0 Å². The van der Waals surface area contributed by atoms with Crippen LogP contribution in [0.1, 0.15) is 28.8 Å². The molecule has 5 rings (SSSR count). The second-order valence-electron chi connectivity index (χ2n) is 9.25. The minimum absolute atomic E-state index is 0.00370. The highest BCUT2D eigenvalue weighted by Crippen LogP contribution is 2.34. The van der Waals surface area contributed by atoms with Crippen molar-refractivity contribution in [3.8, 4) is 0 Å². The van der Waals surface area contributed by atoms with Crippen molar-refractivity contribution in [2.45, 2.75) is 24.8 Å². The topological polar surface area (TPSA) is 91.0 Å². The fourth-order valence-electron chi connectivity index (χ4n) is 5.37. The van der Waals surface area contributed by atoms with E-state index in [2.05, 4.69) is 15.5 Å². The number of ether oxygens (including phenoxy) is 1. The van der Waals surface area contributed by atoms with Crippen molar-refractivity contribution in [3.63, 3.8) is 0 Å². The van der Waals surface area contributed by atoms with E-state index in [0.717, 1.165) is 37.6 Å².